The van der Waals surface area contributed by atoms with Crippen LogP contribution in [0.15, 0.2) is 18.3 Å². The number of alkyl halides is 1. The first-order chi connectivity index (χ1) is 24.6. The number of hydrogen-bond acceptors (Lipinski definition) is 9. The van der Waals surface area contributed by atoms with E-state index < -0.39 is 6.17 Å². The van der Waals surface area contributed by atoms with Crippen molar-refractivity contribution in [1.82, 2.24) is 29.6 Å². The molecule has 9 nitrogen and oxygen atoms in total. The number of nitrogens with zero attached hydrogens (tertiary/aromatic N) is 8. The topological polar surface area (TPSA) is 113 Å². The van der Waals surface area contributed by atoms with Gasteiger partial charge in [0.05, 0.1) is 28.5 Å². The first-order valence-corrected chi connectivity index (χ1v) is 19.8. The number of anilines is 2. The fourth-order valence-electron chi connectivity index (χ4n) is 8.74. The van der Waals surface area contributed by atoms with Gasteiger partial charge in [0, 0.05) is 53.9 Å². The molecular formula is C39H49ClFN9S. The lowest BCUT2D eigenvalue weighted by Gasteiger charge is -2.31. The van der Waals surface area contributed by atoms with E-state index in [9.17, 15) is 9.65 Å². The molecule has 2 saturated heterocycles. The molecule has 3 unspecified atom stereocenters. The molecule has 3 aliphatic heterocycles. The van der Waals surface area contributed by atoms with Crippen LogP contribution in [0.3, 0.4) is 0 Å². The first-order valence-electron chi connectivity index (χ1n) is 18.6. The molecule has 2 fully saturated rings. The van der Waals surface area contributed by atoms with Crippen molar-refractivity contribution in [1.29, 1.82) is 5.26 Å². The zero-order valence-corrected chi connectivity index (χ0v) is 31.9. The van der Waals surface area contributed by atoms with Gasteiger partial charge in [-0.3, -0.25) is 9.58 Å². The van der Waals surface area contributed by atoms with Gasteiger partial charge in [-0.15, -0.1) is 11.3 Å². The molecule has 0 amide bonds. The second-order valence-electron chi connectivity index (χ2n) is 14.9. The van der Waals surface area contributed by atoms with E-state index in [1.165, 1.54) is 24.0 Å². The summed E-state index contributed by atoms with van der Waals surface area (Å²) < 4.78 is 14.9. The number of halogens is 2. The molecule has 3 aromatic heterocycles. The van der Waals surface area contributed by atoms with Crippen molar-refractivity contribution in [2.75, 3.05) is 30.3 Å². The van der Waals surface area contributed by atoms with Gasteiger partial charge in [0.15, 0.2) is 0 Å². The van der Waals surface area contributed by atoms with Gasteiger partial charge in [-0.05, 0) is 94.9 Å². The minimum Gasteiger partial charge on any atom is -0.398 e. The van der Waals surface area contributed by atoms with Crippen LogP contribution in [0.25, 0.3) is 10.7 Å². The summed E-state index contributed by atoms with van der Waals surface area (Å²) in [6.07, 6.45) is 10.8. The van der Waals surface area contributed by atoms with Gasteiger partial charge in [-0.1, -0.05) is 37.9 Å². The summed E-state index contributed by atoms with van der Waals surface area (Å²) in [7, 11) is 0. The average Bonchev–Trinajstić information content (AvgIpc) is 3.82. The van der Waals surface area contributed by atoms with Gasteiger partial charge >= 0.3 is 0 Å². The molecular weight excluding hydrogens is 681 g/mol. The number of nitriles is 1. The second kappa shape index (κ2) is 14.8. The fraction of sp³-hybridized carbons (Fsp3) is 0.564. The summed E-state index contributed by atoms with van der Waals surface area (Å²) in [6, 6.07) is 6.41. The van der Waals surface area contributed by atoms with Gasteiger partial charge in [-0.25, -0.2) is 19.3 Å². The summed E-state index contributed by atoms with van der Waals surface area (Å²) in [4.78, 5) is 20.5. The summed E-state index contributed by atoms with van der Waals surface area (Å²) in [5, 5.41) is 16.4. The Hall–Kier alpha value is -3.59. The largest absolute Gasteiger partial charge is 0.398 e. The third-order valence-electron chi connectivity index (χ3n) is 11.3. The van der Waals surface area contributed by atoms with E-state index in [0.717, 1.165) is 115 Å². The third-order valence-corrected chi connectivity index (χ3v) is 12.6. The Morgan fingerprint density at radius 2 is 2.02 bits per heavy atom. The van der Waals surface area contributed by atoms with E-state index >= 15 is 0 Å². The van der Waals surface area contributed by atoms with Crippen molar-refractivity contribution in [2.45, 2.75) is 123 Å². The molecule has 2 N–H and O–H groups in total. The number of rotatable bonds is 6. The van der Waals surface area contributed by atoms with E-state index in [2.05, 4.69) is 52.4 Å². The second-order valence-corrected chi connectivity index (χ2v) is 16.5. The van der Waals surface area contributed by atoms with Gasteiger partial charge < -0.3 is 10.6 Å². The van der Waals surface area contributed by atoms with Crippen molar-refractivity contribution < 1.29 is 4.39 Å². The zero-order chi connectivity index (χ0) is 35.9. The molecule has 270 valence electrons. The van der Waals surface area contributed by atoms with Crippen LogP contribution in [0.2, 0.25) is 5.02 Å². The number of benzene rings is 1. The van der Waals surface area contributed by atoms with Crippen molar-refractivity contribution in [3.63, 3.8) is 0 Å². The molecule has 0 saturated carbocycles. The van der Waals surface area contributed by atoms with Crippen molar-refractivity contribution in [3.8, 4) is 16.8 Å². The Labute approximate surface area is 310 Å². The Morgan fingerprint density at radius 1 is 1.18 bits per heavy atom. The summed E-state index contributed by atoms with van der Waals surface area (Å²) in [5.41, 5.74) is 14.2. The molecule has 1 aromatic carbocycles. The third kappa shape index (κ3) is 6.99. The SMILES string of the molecule is CC12CCCN1CC(F)C2.CCCc1ccc(N)c(C#N)c1C1CCc2c(nc(CC)nc2N2CCCn3nc(-c4ncc(C)s4)c(Cl)c3C2)C1. The van der Waals surface area contributed by atoms with Crippen LogP contribution in [-0.2, 0) is 38.8 Å². The zero-order valence-electron chi connectivity index (χ0n) is 30.3. The van der Waals surface area contributed by atoms with Gasteiger partial charge in [0.2, 0.25) is 0 Å². The van der Waals surface area contributed by atoms with E-state index in [4.69, 9.17) is 32.4 Å². The first kappa shape index (κ1) is 35.8. The molecule has 6 heterocycles. The van der Waals surface area contributed by atoms with Crippen molar-refractivity contribution in [2.24, 2.45) is 0 Å². The highest BCUT2D eigenvalue weighted by Crippen LogP contribution is 2.42. The normalized spacial score (nSPS) is 22.8. The summed E-state index contributed by atoms with van der Waals surface area (Å²) in [5.74, 6) is 2.08. The minimum atomic E-state index is -0.551. The molecule has 0 radical (unpaired) electrons. The van der Waals surface area contributed by atoms with E-state index in [-0.39, 0.29) is 11.5 Å². The predicted molar refractivity (Wildman–Crippen MR) is 203 cm³/mol. The lowest BCUT2D eigenvalue weighted by atomic mass is 9.78. The number of hydrogen-bond donors (Lipinski definition) is 1. The highest BCUT2D eigenvalue weighted by atomic mass is 35.5. The Balaban J connectivity index is 0.000000347. The van der Waals surface area contributed by atoms with Crippen LogP contribution < -0.4 is 10.6 Å². The number of thiazole rings is 1. The molecule has 0 spiro atoms. The molecule has 1 aliphatic carbocycles. The van der Waals surface area contributed by atoms with Crippen LogP contribution in [0, 0.1) is 18.3 Å². The smallest absolute Gasteiger partial charge is 0.145 e. The standard InChI is InChI=1S/C31H35ClN8S.C8H14FN/c1-4-7-19-9-11-23(34)22(15-33)27(19)20-8-10-21-24(14-20)36-26(5-2)37-30(21)39-12-6-13-40-25(17-39)28(32)29(38-40)31-35-16-18(3)41-31;1-8-3-2-4-10(8)6-7(9)5-8/h9,11,16,20H,4-8,10,12-14,17,34H2,1-3H3;7H,2-6H2,1H3. The Kier molecular flexibility index (Phi) is 10.4. The average molecular weight is 730 g/mol. The van der Waals surface area contributed by atoms with Crippen LogP contribution >= 0.6 is 22.9 Å². The molecule has 51 heavy (non-hydrogen) atoms. The molecule has 4 aromatic rings. The van der Waals surface area contributed by atoms with Gasteiger partial charge in [0.25, 0.3) is 0 Å². The van der Waals surface area contributed by atoms with Crippen LogP contribution in [0.5, 0.6) is 0 Å². The number of fused-ring (bicyclic) bond motifs is 3. The molecule has 4 aliphatic rings. The monoisotopic (exact) mass is 729 g/mol. The maximum atomic E-state index is 12.8. The van der Waals surface area contributed by atoms with Gasteiger partial charge in [0.1, 0.15) is 34.6 Å². The van der Waals surface area contributed by atoms with E-state index in [1.807, 2.05) is 19.2 Å². The van der Waals surface area contributed by atoms with Crippen molar-refractivity contribution >= 4 is 34.4 Å². The Morgan fingerprint density at radius 3 is 2.75 bits per heavy atom. The molecule has 12 heteroatoms. The predicted octanol–water partition coefficient (Wildman–Crippen LogP) is 7.99. The molecule has 3 atom stereocenters. The van der Waals surface area contributed by atoms with Crippen molar-refractivity contribution in [3.05, 3.63) is 67.7 Å². The highest BCUT2D eigenvalue weighted by Gasteiger charge is 2.44. The summed E-state index contributed by atoms with van der Waals surface area (Å²) >= 11 is 8.59. The highest BCUT2D eigenvalue weighted by molar-refractivity contribution is 7.15. The number of aromatic nitrogens is 5. The van der Waals surface area contributed by atoms with Crippen LogP contribution in [0.1, 0.15) is 110 Å². The van der Waals surface area contributed by atoms with Crippen LogP contribution in [-0.4, -0.2) is 61.0 Å². The lowest BCUT2D eigenvalue weighted by molar-refractivity contribution is 0.217. The maximum Gasteiger partial charge on any atom is 0.145 e. The lowest BCUT2D eigenvalue weighted by Crippen LogP contribution is -2.34. The Bertz CT molecular complexity index is 1950. The van der Waals surface area contributed by atoms with Crippen LogP contribution in [0.4, 0.5) is 15.9 Å². The molecule has 8 rings (SSSR count). The fourth-order valence-corrected chi connectivity index (χ4v) is 9.83. The molecule has 0 bridgehead atoms. The number of aryl methyl sites for hydroxylation is 4. The number of nitrogens with two attached hydrogens (primary N) is 1. The van der Waals surface area contributed by atoms with E-state index in [0.29, 0.717) is 29.4 Å². The summed E-state index contributed by atoms with van der Waals surface area (Å²) in [6.45, 7) is 12.6. The van der Waals surface area contributed by atoms with Gasteiger partial charge in [-0.2, -0.15) is 10.4 Å². The minimum absolute atomic E-state index is 0.207. The quantitative estimate of drug-likeness (QED) is 0.199. The maximum absolute atomic E-state index is 12.8. The van der Waals surface area contributed by atoms with E-state index in [1.54, 1.807) is 11.3 Å². The number of nitrogen functional groups attached to an aromatic ring is 1.